The van der Waals surface area contributed by atoms with E-state index in [2.05, 4.69) is 30.1 Å². The molecule has 2 rings (SSSR count). The van der Waals surface area contributed by atoms with Gasteiger partial charge in [0, 0.05) is 27.3 Å². The molecule has 1 N–H and O–H groups in total. The number of aromatic nitrogens is 2. The zero-order chi connectivity index (χ0) is 20.9. The van der Waals surface area contributed by atoms with Crippen molar-refractivity contribution in [1.29, 1.82) is 0 Å². The summed E-state index contributed by atoms with van der Waals surface area (Å²) in [6.45, 7) is 7.88. The van der Waals surface area contributed by atoms with Gasteiger partial charge in [-0.25, -0.2) is 4.68 Å². The fourth-order valence-corrected chi connectivity index (χ4v) is 4.11. The smallest absolute Gasteiger partial charge is 0.367 e. The molecule has 1 aromatic rings. The van der Waals surface area contributed by atoms with Crippen molar-refractivity contribution in [3.63, 3.8) is 0 Å². The van der Waals surface area contributed by atoms with Gasteiger partial charge in [0.05, 0.1) is 11.9 Å². The summed E-state index contributed by atoms with van der Waals surface area (Å²) < 4.78 is 47.5. The molecule has 0 saturated carbocycles. The number of nitrogens with zero attached hydrogens (tertiary/aromatic N) is 3. The van der Waals surface area contributed by atoms with Gasteiger partial charge in [0.15, 0.2) is 0 Å². The lowest BCUT2D eigenvalue weighted by atomic mass is 10.1. The highest BCUT2D eigenvalue weighted by Crippen LogP contribution is 2.37. The quantitative estimate of drug-likeness (QED) is 0.491. The molecule has 0 amide bonds. The third-order valence-electron chi connectivity index (χ3n) is 4.93. The molecular weight excluding hydrogens is 389 g/mol. The Morgan fingerprint density at radius 2 is 2.07 bits per heavy atom. The summed E-state index contributed by atoms with van der Waals surface area (Å²) in [5, 5.41) is 7.01. The fraction of sp³-hybridized carbons (Fsp3) is 0.778. The van der Waals surface area contributed by atoms with Crippen LogP contribution >= 0.6 is 0 Å². The Bertz CT molecular complexity index is 704. The number of nitrogens with one attached hydrogen (secondary N) is 1. The minimum absolute atomic E-state index is 0.0291. The number of anilines is 1. The van der Waals surface area contributed by atoms with Gasteiger partial charge >= 0.3 is 6.18 Å². The Balaban J connectivity index is 2.25. The molecule has 10 heteroatoms. The van der Waals surface area contributed by atoms with Gasteiger partial charge in [0.1, 0.15) is 12.3 Å². The van der Waals surface area contributed by atoms with E-state index < -0.39 is 25.4 Å². The SMILES string of the molecule is CNCC[C@@H]1CCCN1c1cnn(COCC[Si](C)(C)C)c(=O)c1C(F)(F)F. The largest absolute Gasteiger partial charge is 0.423 e. The third kappa shape index (κ3) is 6.05. The molecule has 1 aromatic heterocycles. The van der Waals surface area contributed by atoms with Gasteiger partial charge in [-0.15, -0.1) is 0 Å². The zero-order valence-electron chi connectivity index (χ0n) is 17.1. The highest BCUT2D eigenvalue weighted by atomic mass is 28.3. The van der Waals surface area contributed by atoms with E-state index in [1.807, 2.05) is 7.05 Å². The predicted molar refractivity (Wildman–Crippen MR) is 107 cm³/mol. The monoisotopic (exact) mass is 420 g/mol. The summed E-state index contributed by atoms with van der Waals surface area (Å²) in [4.78, 5) is 14.3. The second-order valence-corrected chi connectivity index (χ2v) is 14.1. The summed E-state index contributed by atoms with van der Waals surface area (Å²) in [6.07, 6.45) is -1.25. The van der Waals surface area contributed by atoms with Crippen molar-refractivity contribution in [3.8, 4) is 0 Å². The average molecular weight is 421 g/mol. The number of hydrogen-bond acceptors (Lipinski definition) is 5. The first kappa shape index (κ1) is 22.9. The molecule has 0 spiro atoms. The van der Waals surface area contributed by atoms with Crippen LogP contribution in [0.4, 0.5) is 18.9 Å². The van der Waals surface area contributed by atoms with Crippen molar-refractivity contribution in [2.45, 2.75) is 63.9 Å². The van der Waals surface area contributed by atoms with Crippen molar-refractivity contribution in [3.05, 3.63) is 22.1 Å². The third-order valence-corrected chi connectivity index (χ3v) is 6.64. The van der Waals surface area contributed by atoms with Crippen LogP contribution in [0.3, 0.4) is 0 Å². The van der Waals surface area contributed by atoms with Gasteiger partial charge in [-0.1, -0.05) is 19.6 Å². The van der Waals surface area contributed by atoms with Gasteiger partial charge in [-0.05, 0) is 38.9 Å². The van der Waals surface area contributed by atoms with E-state index in [1.165, 1.54) is 6.20 Å². The first-order chi connectivity index (χ1) is 13.0. The van der Waals surface area contributed by atoms with Crippen molar-refractivity contribution in [2.75, 3.05) is 31.6 Å². The van der Waals surface area contributed by atoms with Gasteiger partial charge < -0.3 is 15.0 Å². The normalized spacial score (nSPS) is 18.1. The summed E-state index contributed by atoms with van der Waals surface area (Å²) in [6, 6.07) is 0.839. The highest BCUT2D eigenvalue weighted by molar-refractivity contribution is 6.76. The summed E-state index contributed by atoms with van der Waals surface area (Å²) in [5.74, 6) is 0. The average Bonchev–Trinajstić information content (AvgIpc) is 3.04. The Morgan fingerprint density at radius 1 is 1.36 bits per heavy atom. The van der Waals surface area contributed by atoms with Crippen LogP contribution in [0.1, 0.15) is 24.8 Å². The van der Waals surface area contributed by atoms with E-state index in [-0.39, 0.29) is 18.5 Å². The molecule has 2 heterocycles. The first-order valence-corrected chi connectivity index (χ1v) is 13.4. The molecule has 1 aliphatic rings. The molecule has 0 unspecified atom stereocenters. The Morgan fingerprint density at radius 3 is 2.68 bits per heavy atom. The van der Waals surface area contributed by atoms with Crippen LogP contribution < -0.4 is 15.8 Å². The number of ether oxygens (including phenoxy) is 1. The van der Waals surface area contributed by atoms with E-state index in [1.54, 1.807) is 4.90 Å². The molecule has 1 atom stereocenters. The van der Waals surface area contributed by atoms with Crippen molar-refractivity contribution < 1.29 is 17.9 Å². The minimum atomic E-state index is -4.74. The summed E-state index contributed by atoms with van der Waals surface area (Å²) >= 11 is 0. The molecule has 28 heavy (non-hydrogen) atoms. The van der Waals surface area contributed by atoms with Crippen molar-refractivity contribution in [1.82, 2.24) is 15.1 Å². The topological polar surface area (TPSA) is 59.4 Å². The molecule has 0 bridgehead atoms. The standard InChI is InChI=1S/C18H31F3N4O2Si/c1-22-8-7-14-6-5-9-24(14)15-12-23-25(13-27-10-11-28(2,3)4)17(26)16(15)18(19,20)21/h12,14,22H,5-11,13H2,1-4H3/t14-/m0/s1. The van der Waals surface area contributed by atoms with Crippen LogP contribution in [-0.2, 0) is 17.6 Å². The maximum absolute atomic E-state index is 13.8. The highest BCUT2D eigenvalue weighted by Gasteiger charge is 2.41. The van der Waals surface area contributed by atoms with Crippen LogP contribution in [0.15, 0.2) is 11.0 Å². The molecule has 0 radical (unpaired) electrons. The molecule has 0 aliphatic carbocycles. The molecule has 0 aromatic carbocycles. The minimum Gasteiger partial charge on any atom is -0.367 e. The Hall–Kier alpha value is -1.39. The molecule has 1 fully saturated rings. The van der Waals surface area contributed by atoms with Gasteiger partial charge in [0.25, 0.3) is 5.56 Å². The van der Waals surface area contributed by atoms with Gasteiger partial charge in [-0.2, -0.15) is 18.3 Å². The molecule has 6 nitrogen and oxygen atoms in total. The first-order valence-electron chi connectivity index (χ1n) is 9.71. The van der Waals surface area contributed by atoms with Crippen LogP contribution in [0.5, 0.6) is 0 Å². The van der Waals surface area contributed by atoms with Gasteiger partial charge in [-0.3, -0.25) is 4.79 Å². The maximum Gasteiger partial charge on any atom is 0.423 e. The van der Waals surface area contributed by atoms with Gasteiger partial charge in [0.2, 0.25) is 0 Å². The Labute approximate surface area is 165 Å². The van der Waals surface area contributed by atoms with E-state index in [9.17, 15) is 18.0 Å². The number of rotatable bonds is 9. The van der Waals surface area contributed by atoms with Crippen LogP contribution in [0, 0.1) is 0 Å². The summed E-state index contributed by atoms with van der Waals surface area (Å²) in [7, 11) is 0.491. The van der Waals surface area contributed by atoms with E-state index in [0.717, 1.165) is 30.0 Å². The maximum atomic E-state index is 13.8. The second-order valence-electron chi connectivity index (χ2n) is 8.44. The van der Waals surface area contributed by atoms with Crippen LogP contribution in [0.2, 0.25) is 25.7 Å². The number of halogens is 3. The van der Waals surface area contributed by atoms with Crippen LogP contribution in [-0.4, -0.2) is 50.6 Å². The lowest BCUT2D eigenvalue weighted by molar-refractivity contribution is -0.138. The predicted octanol–water partition coefficient (Wildman–Crippen LogP) is 3.15. The zero-order valence-corrected chi connectivity index (χ0v) is 18.1. The molecule has 1 saturated heterocycles. The number of hydrogen-bond donors (Lipinski definition) is 1. The van der Waals surface area contributed by atoms with Crippen molar-refractivity contribution in [2.24, 2.45) is 0 Å². The molecule has 160 valence electrons. The lowest BCUT2D eigenvalue weighted by Gasteiger charge is -2.29. The summed E-state index contributed by atoms with van der Waals surface area (Å²) in [5.41, 5.74) is -2.40. The second kappa shape index (κ2) is 9.40. The fourth-order valence-electron chi connectivity index (χ4n) is 3.35. The van der Waals surface area contributed by atoms with E-state index in [4.69, 9.17) is 4.74 Å². The van der Waals surface area contributed by atoms with Crippen LogP contribution in [0.25, 0.3) is 0 Å². The van der Waals surface area contributed by atoms with E-state index >= 15 is 0 Å². The van der Waals surface area contributed by atoms with E-state index in [0.29, 0.717) is 19.7 Å². The Kier molecular flexibility index (Phi) is 7.69. The molecular formula is C18H31F3N4O2Si. The number of alkyl halides is 3. The molecule has 1 aliphatic heterocycles. The van der Waals surface area contributed by atoms with Crippen molar-refractivity contribution >= 4 is 13.8 Å². The lowest BCUT2D eigenvalue weighted by Crippen LogP contribution is -2.38.